The molecule has 1 aromatic carbocycles. The van der Waals surface area contributed by atoms with Crippen molar-refractivity contribution < 1.29 is 9.47 Å². The zero-order chi connectivity index (χ0) is 18.7. The molecular formula is C17H15Cl2N5O2. The van der Waals surface area contributed by atoms with Crippen LogP contribution in [0.4, 0.5) is 17.3 Å². The van der Waals surface area contributed by atoms with E-state index < -0.39 is 0 Å². The Morgan fingerprint density at radius 1 is 1.00 bits per heavy atom. The fourth-order valence-electron chi connectivity index (χ4n) is 2.34. The Balaban J connectivity index is 2.11. The minimum Gasteiger partial charge on any atom is -0.495 e. The van der Waals surface area contributed by atoms with Gasteiger partial charge in [-0.1, -0.05) is 23.2 Å². The number of hydrogen-bond donors (Lipinski definition) is 2. The van der Waals surface area contributed by atoms with Gasteiger partial charge >= 0.3 is 0 Å². The fourth-order valence-corrected chi connectivity index (χ4v) is 2.94. The number of nitrogens with two attached hydrogens (primary N) is 1. The van der Waals surface area contributed by atoms with E-state index >= 15 is 0 Å². The maximum atomic E-state index is 6.42. The van der Waals surface area contributed by atoms with Crippen molar-refractivity contribution in [3.63, 3.8) is 0 Å². The Hall–Kier alpha value is -2.77. The highest BCUT2D eigenvalue weighted by Gasteiger charge is 2.19. The fraction of sp³-hybridized carbons (Fsp3) is 0.118. The van der Waals surface area contributed by atoms with Crippen molar-refractivity contribution >= 4 is 40.5 Å². The van der Waals surface area contributed by atoms with Crippen LogP contribution >= 0.6 is 23.2 Å². The average molecular weight is 392 g/mol. The van der Waals surface area contributed by atoms with E-state index in [4.69, 9.17) is 38.4 Å². The summed E-state index contributed by atoms with van der Waals surface area (Å²) < 4.78 is 10.6. The monoisotopic (exact) mass is 391 g/mol. The van der Waals surface area contributed by atoms with Gasteiger partial charge in [-0.15, -0.1) is 0 Å². The summed E-state index contributed by atoms with van der Waals surface area (Å²) in [7, 11) is 3.02. The van der Waals surface area contributed by atoms with Crippen LogP contribution < -0.4 is 20.5 Å². The van der Waals surface area contributed by atoms with Crippen LogP contribution in [0.5, 0.6) is 11.5 Å². The summed E-state index contributed by atoms with van der Waals surface area (Å²) in [4.78, 5) is 12.5. The maximum absolute atomic E-state index is 6.42. The molecule has 0 bridgehead atoms. The van der Waals surface area contributed by atoms with Crippen molar-refractivity contribution in [2.45, 2.75) is 0 Å². The molecule has 0 atom stereocenters. The molecule has 0 aliphatic carbocycles. The Kier molecular flexibility index (Phi) is 5.29. The second-order valence-electron chi connectivity index (χ2n) is 5.14. The minimum absolute atomic E-state index is 0.303. The van der Waals surface area contributed by atoms with Gasteiger partial charge in [0.05, 0.1) is 25.6 Å². The van der Waals surface area contributed by atoms with Crippen LogP contribution in [-0.2, 0) is 0 Å². The van der Waals surface area contributed by atoms with Crippen LogP contribution in [-0.4, -0.2) is 29.2 Å². The maximum Gasteiger partial charge on any atom is 0.143 e. The highest BCUT2D eigenvalue weighted by molar-refractivity contribution is 6.41. The molecule has 3 N–H and O–H groups in total. The molecule has 9 heteroatoms. The van der Waals surface area contributed by atoms with Gasteiger partial charge in [0.2, 0.25) is 0 Å². The normalized spacial score (nSPS) is 10.5. The van der Waals surface area contributed by atoms with Gasteiger partial charge in [0.15, 0.2) is 0 Å². The van der Waals surface area contributed by atoms with Gasteiger partial charge in [-0.2, -0.15) is 0 Å². The van der Waals surface area contributed by atoms with E-state index in [1.165, 1.54) is 20.5 Å². The minimum atomic E-state index is 0.303. The molecule has 0 spiro atoms. The first-order valence-corrected chi connectivity index (χ1v) is 8.20. The summed E-state index contributed by atoms with van der Waals surface area (Å²) in [6, 6.07) is 6.89. The van der Waals surface area contributed by atoms with E-state index in [-0.39, 0.29) is 0 Å². The van der Waals surface area contributed by atoms with E-state index in [0.717, 1.165) is 0 Å². The first kappa shape index (κ1) is 18.0. The molecule has 7 nitrogen and oxygen atoms in total. The average Bonchev–Trinajstić information content (AvgIpc) is 2.66. The van der Waals surface area contributed by atoms with Crippen molar-refractivity contribution in [3.8, 4) is 22.8 Å². The van der Waals surface area contributed by atoms with Crippen molar-refractivity contribution in [1.82, 2.24) is 15.0 Å². The van der Waals surface area contributed by atoms with Gasteiger partial charge in [-0.25, -0.2) is 15.0 Å². The number of pyridine rings is 1. The number of rotatable bonds is 5. The first-order chi connectivity index (χ1) is 12.5. The highest BCUT2D eigenvalue weighted by Crippen LogP contribution is 2.45. The number of nitrogens with one attached hydrogen (secondary N) is 1. The molecule has 3 aromatic rings. The lowest BCUT2D eigenvalue weighted by Gasteiger charge is -2.17. The summed E-state index contributed by atoms with van der Waals surface area (Å²) in [6.45, 7) is 0. The molecule has 2 aromatic heterocycles. The van der Waals surface area contributed by atoms with E-state index in [2.05, 4.69) is 20.3 Å². The largest absolute Gasteiger partial charge is 0.495 e. The summed E-state index contributed by atoms with van der Waals surface area (Å²) >= 11 is 12.8. The third-order valence-corrected chi connectivity index (χ3v) is 4.34. The number of nitrogen functional groups attached to an aromatic ring is 1. The molecular weight excluding hydrogens is 377 g/mol. The van der Waals surface area contributed by atoms with Crippen LogP contribution in [0.2, 0.25) is 10.0 Å². The Morgan fingerprint density at radius 2 is 1.69 bits per heavy atom. The number of benzene rings is 1. The summed E-state index contributed by atoms with van der Waals surface area (Å²) in [5, 5.41) is 3.75. The molecule has 26 heavy (non-hydrogen) atoms. The smallest absolute Gasteiger partial charge is 0.143 e. The molecule has 0 unspecified atom stereocenters. The van der Waals surface area contributed by atoms with E-state index in [9.17, 15) is 0 Å². The number of nitrogens with zero attached hydrogens (tertiary/aromatic N) is 3. The van der Waals surface area contributed by atoms with Crippen molar-refractivity contribution in [2.75, 3.05) is 25.3 Å². The van der Waals surface area contributed by atoms with Crippen LogP contribution in [0.25, 0.3) is 11.3 Å². The lowest BCUT2D eigenvalue weighted by molar-refractivity contribution is 0.395. The SMILES string of the molecule is COc1cc(OC)c(Cl)c(Nc2ncccc2-c2cc(N)ncn2)c1Cl. The molecule has 3 rings (SSSR count). The molecule has 134 valence electrons. The number of anilines is 3. The molecule has 0 saturated carbocycles. The Bertz CT molecular complexity index is 924. The zero-order valence-corrected chi connectivity index (χ0v) is 15.5. The van der Waals surface area contributed by atoms with Gasteiger partial charge in [0, 0.05) is 23.9 Å². The first-order valence-electron chi connectivity index (χ1n) is 7.45. The molecule has 0 saturated heterocycles. The topological polar surface area (TPSA) is 95.2 Å². The van der Waals surface area contributed by atoms with Gasteiger partial charge in [-0.3, -0.25) is 0 Å². The lowest BCUT2D eigenvalue weighted by atomic mass is 10.1. The van der Waals surface area contributed by atoms with E-state index in [0.29, 0.717) is 50.1 Å². The summed E-state index contributed by atoms with van der Waals surface area (Å²) in [6.07, 6.45) is 3.02. The number of methoxy groups -OCH3 is 2. The van der Waals surface area contributed by atoms with Crippen LogP contribution in [0.1, 0.15) is 0 Å². The second kappa shape index (κ2) is 7.63. The van der Waals surface area contributed by atoms with E-state index in [1.807, 2.05) is 6.07 Å². The number of hydrogen-bond acceptors (Lipinski definition) is 7. The number of aromatic nitrogens is 3. The van der Waals surface area contributed by atoms with Gasteiger partial charge in [-0.05, 0) is 12.1 Å². The Labute approximate surface area is 160 Å². The van der Waals surface area contributed by atoms with Crippen molar-refractivity contribution in [2.24, 2.45) is 0 Å². The molecule has 0 radical (unpaired) electrons. The zero-order valence-electron chi connectivity index (χ0n) is 14.0. The molecule has 0 aliphatic rings. The molecule has 0 aliphatic heterocycles. The van der Waals surface area contributed by atoms with Crippen LogP contribution in [0, 0.1) is 0 Å². The quantitative estimate of drug-likeness (QED) is 0.672. The lowest BCUT2D eigenvalue weighted by Crippen LogP contribution is -2.01. The van der Waals surface area contributed by atoms with Gasteiger partial charge < -0.3 is 20.5 Å². The van der Waals surface area contributed by atoms with E-state index in [1.54, 1.807) is 24.4 Å². The van der Waals surface area contributed by atoms with Crippen molar-refractivity contribution in [3.05, 3.63) is 46.8 Å². The second-order valence-corrected chi connectivity index (χ2v) is 5.89. The van der Waals surface area contributed by atoms with Crippen molar-refractivity contribution in [1.29, 1.82) is 0 Å². The van der Waals surface area contributed by atoms with Gasteiger partial charge in [0.1, 0.15) is 39.5 Å². The third-order valence-electron chi connectivity index (χ3n) is 3.59. The van der Waals surface area contributed by atoms with Crippen LogP contribution in [0.3, 0.4) is 0 Å². The Morgan fingerprint density at radius 3 is 2.31 bits per heavy atom. The predicted molar refractivity (Wildman–Crippen MR) is 103 cm³/mol. The summed E-state index contributed by atoms with van der Waals surface area (Å²) in [5.74, 6) is 1.67. The number of ether oxygens (including phenoxy) is 2. The standard InChI is InChI=1S/C17H15Cl2N5O2/c1-25-11-7-12(26-2)15(19)16(14(11)18)24-17-9(4-3-5-21-17)10-6-13(20)23-8-22-10/h3-8H,1-2H3,(H,21,24)(H2,20,22,23). The predicted octanol–water partition coefficient (Wildman–Crippen LogP) is 4.19. The molecule has 2 heterocycles. The van der Waals surface area contributed by atoms with Gasteiger partial charge in [0.25, 0.3) is 0 Å². The molecule has 0 amide bonds. The molecule has 0 fully saturated rings. The summed E-state index contributed by atoms with van der Waals surface area (Å²) in [5.41, 5.74) is 7.48. The van der Waals surface area contributed by atoms with Crippen LogP contribution in [0.15, 0.2) is 36.8 Å². The highest BCUT2D eigenvalue weighted by atomic mass is 35.5. The number of halogens is 2. The third kappa shape index (κ3) is 3.44.